The minimum atomic E-state index is -0.454. The summed E-state index contributed by atoms with van der Waals surface area (Å²) in [6, 6.07) is 7.58. The molecule has 94 valence electrons. The van der Waals surface area contributed by atoms with Gasteiger partial charge in [0.25, 0.3) is 5.69 Å². The molecule has 0 unspecified atom stereocenters. The Labute approximate surface area is 107 Å². The number of nitro groups is 1. The quantitative estimate of drug-likeness (QED) is 0.574. The summed E-state index contributed by atoms with van der Waals surface area (Å²) in [5.74, 6) is 1.10. The van der Waals surface area contributed by atoms with Gasteiger partial charge in [-0.3, -0.25) is 15.2 Å². The maximum absolute atomic E-state index is 10.6. The predicted octanol–water partition coefficient (Wildman–Crippen LogP) is 2.66. The van der Waals surface area contributed by atoms with Crippen LogP contribution in [0.4, 0.5) is 5.69 Å². The van der Waals surface area contributed by atoms with Crippen molar-refractivity contribution in [3.05, 3.63) is 52.8 Å². The van der Waals surface area contributed by atoms with Crippen LogP contribution < -0.4 is 4.74 Å². The average Bonchev–Trinajstić information content (AvgIpc) is 2.89. The fourth-order valence-corrected chi connectivity index (χ4v) is 1.68. The highest BCUT2D eigenvalue weighted by molar-refractivity contribution is 5.81. The molecule has 0 spiro atoms. The molecule has 0 fully saturated rings. The molecule has 3 aromatic rings. The van der Waals surface area contributed by atoms with E-state index in [1.54, 1.807) is 30.6 Å². The molecule has 0 amide bonds. The number of hydrogen-bond donors (Lipinski definition) is 1. The van der Waals surface area contributed by atoms with Gasteiger partial charge >= 0.3 is 0 Å². The number of hydrogen-bond acceptors (Lipinski definition) is 5. The molecule has 0 radical (unpaired) electrons. The van der Waals surface area contributed by atoms with E-state index in [1.807, 2.05) is 0 Å². The number of aromatic amines is 1. The number of benzene rings is 1. The van der Waals surface area contributed by atoms with Gasteiger partial charge in [0.1, 0.15) is 11.5 Å². The van der Waals surface area contributed by atoms with Crippen LogP contribution >= 0.6 is 0 Å². The highest BCUT2D eigenvalue weighted by Crippen LogP contribution is 2.28. The number of aromatic nitrogens is 3. The van der Waals surface area contributed by atoms with Crippen LogP contribution in [0.15, 0.2) is 42.7 Å². The van der Waals surface area contributed by atoms with E-state index in [0.717, 1.165) is 5.39 Å². The monoisotopic (exact) mass is 256 g/mol. The van der Waals surface area contributed by atoms with Crippen molar-refractivity contribution in [1.82, 2.24) is 15.2 Å². The van der Waals surface area contributed by atoms with Gasteiger partial charge < -0.3 is 4.74 Å². The zero-order valence-electron chi connectivity index (χ0n) is 9.61. The largest absolute Gasteiger partial charge is 0.456 e. The standard InChI is InChI=1S/C12H8N4O3/c17-16(18)8-1-3-9(4-2-8)19-11-5-6-13-12-10(11)7-14-15-12/h1-7H,(H,13,14,15). The summed E-state index contributed by atoms with van der Waals surface area (Å²) in [5.41, 5.74) is 0.648. The Morgan fingerprint density at radius 1 is 1.21 bits per heavy atom. The third-order valence-electron chi connectivity index (χ3n) is 2.59. The minimum absolute atomic E-state index is 0.0236. The lowest BCUT2D eigenvalue weighted by atomic mass is 10.3. The molecule has 19 heavy (non-hydrogen) atoms. The normalized spacial score (nSPS) is 10.5. The van der Waals surface area contributed by atoms with Gasteiger partial charge in [0, 0.05) is 18.3 Å². The van der Waals surface area contributed by atoms with Crippen LogP contribution in [-0.2, 0) is 0 Å². The lowest BCUT2D eigenvalue weighted by Gasteiger charge is -2.05. The Kier molecular flexibility index (Phi) is 2.57. The van der Waals surface area contributed by atoms with Crippen molar-refractivity contribution >= 4 is 16.7 Å². The van der Waals surface area contributed by atoms with Crippen LogP contribution in [0.2, 0.25) is 0 Å². The first kappa shape index (κ1) is 11.1. The molecule has 0 atom stereocenters. The van der Waals surface area contributed by atoms with Crippen molar-refractivity contribution in [2.45, 2.75) is 0 Å². The van der Waals surface area contributed by atoms with Crippen molar-refractivity contribution in [1.29, 1.82) is 0 Å². The third-order valence-corrected chi connectivity index (χ3v) is 2.59. The smallest absolute Gasteiger partial charge is 0.269 e. The number of nitrogens with zero attached hydrogens (tertiary/aromatic N) is 3. The van der Waals surface area contributed by atoms with Gasteiger partial charge in [0.05, 0.1) is 16.5 Å². The van der Waals surface area contributed by atoms with Crippen molar-refractivity contribution in [2.24, 2.45) is 0 Å². The fraction of sp³-hybridized carbons (Fsp3) is 0. The summed E-state index contributed by atoms with van der Waals surface area (Å²) in [7, 11) is 0. The van der Waals surface area contributed by atoms with E-state index in [-0.39, 0.29) is 5.69 Å². The predicted molar refractivity (Wildman–Crippen MR) is 67.1 cm³/mol. The number of non-ortho nitro benzene ring substituents is 1. The zero-order chi connectivity index (χ0) is 13.2. The van der Waals surface area contributed by atoms with Gasteiger partial charge in [-0.15, -0.1) is 0 Å². The lowest BCUT2D eigenvalue weighted by molar-refractivity contribution is -0.384. The molecule has 0 saturated carbocycles. The number of rotatable bonds is 3. The zero-order valence-corrected chi connectivity index (χ0v) is 9.61. The van der Waals surface area contributed by atoms with Crippen LogP contribution in [0.5, 0.6) is 11.5 Å². The first-order chi connectivity index (χ1) is 9.24. The summed E-state index contributed by atoms with van der Waals surface area (Å²) in [5, 5.41) is 17.9. The molecule has 3 rings (SSSR count). The van der Waals surface area contributed by atoms with Crippen molar-refractivity contribution < 1.29 is 9.66 Å². The Morgan fingerprint density at radius 3 is 2.74 bits per heavy atom. The first-order valence-corrected chi connectivity index (χ1v) is 5.44. The summed E-state index contributed by atoms with van der Waals surface area (Å²) >= 11 is 0. The Bertz CT molecular complexity index is 736. The van der Waals surface area contributed by atoms with Crippen LogP contribution in [0.25, 0.3) is 11.0 Å². The second-order valence-electron chi connectivity index (χ2n) is 3.79. The van der Waals surface area contributed by atoms with Crippen LogP contribution in [-0.4, -0.2) is 20.1 Å². The molecule has 1 aromatic carbocycles. The topological polar surface area (TPSA) is 93.9 Å². The van der Waals surface area contributed by atoms with Gasteiger partial charge in [-0.25, -0.2) is 4.98 Å². The van der Waals surface area contributed by atoms with E-state index in [2.05, 4.69) is 15.2 Å². The molecule has 0 aliphatic carbocycles. The molecule has 0 bridgehead atoms. The average molecular weight is 256 g/mol. The Morgan fingerprint density at radius 2 is 2.00 bits per heavy atom. The number of ether oxygens (including phenoxy) is 1. The second-order valence-corrected chi connectivity index (χ2v) is 3.79. The molecule has 1 N–H and O–H groups in total. The second kappa shape index (κ2) is 4.37. The highest BCUT2D eigenvalue weighted by Gasteiger charge is 2.08. The summed E-state index contributed by atoms with van der Waals surface area (Å²) < 4.78 is 5.66. The van der Waals surface area contributed by atoms with Crippen LogP contribution in [0.3, 0.4) is 0 Å². The number of fused-ring (bicyclic) bond motifs is 1. The third kappa shape index (κ3) is 2.08. The summed E-state index contributed by atoms with van der Waals surface area (Å²) in [6.45, 7) is 0. The van der Waals surface area contributed by atoms with Gasteiger partial charge in [0.15, 0.2) is 5.65 Å². The fourth-order valence-electron chi connectivity index (χ4n) is 1.68. The van der Waals surface area contributed by atoms with Crippen molar-refractivity contribution in [3.8, 4) is 11.5 Å². The SMILES string of the molecule is O=[N+]([O-])c1ccc(Oc2ccnc3[nH]ncc23)cc1. The number of H-pyrrole nitrogens is 1. The molecule has 7 nitrogen and oxygen atoms in total. The maximum atomic E-state index is 10.6. The van der Waals surface area contributed by atoms with Crippen LogP contribution in [0.1, 0.15) is 0 Å². The minimum Gasteiger partial charge on any atom is -0.456 e. The van der Waals surface area contributed by atoms with E-state index in [4.69, 9.17) is 4.74 Å². The number of nitro benzene ring substituents is 1. The molecular weight excluding hydrogens is 248 g/mol. The van der Waals surface area contributed by atoms with Crippen LogP contribution in [0, 0.1) is 10.1 Å². The van der Waals surface area contributed by atoms with E-state index in [9.17, 15) is 10.1 Å². The Balaban J connectivity index is 1.92. The van der Waals surface area contributed by atoms with E-state index >= 15 is 0 Å². The summed E-state index contributed by atoms with van der Waals surface area (Å²) in [4.78, 5) is 14.2. The summed E-state index contributed by atoms with van der Waals surface area (Å²) in [6.07, 6.45) is 3.21. The molecule has 0 saturated heterocycles. The first-order valence-electron chi connectivity index (χ1n) is 5.44. The molecule has 7 heteroatoms. The number of pyridine rings is 1. The lowest BCUT2D eigenvalue weighted by Crippen LogP contribution is -1.89. The molecule has 0 aliphatic rings. The maximum Gasteiger partial charge on any atom is 0.269 e. The van der Waals surface area contributed by atoms with E-state index < -0.39 is 4.92 Å². The molecule has 0 aliphatic heterocycles. The van der Waals surface area contributed by atoms with E-state index in [1.165, 1.54) is 12.1 Å². The van der Waals surface area contributed by atoms with E-state index in [0.29, 0.717) is 17.1 Å². The highest BCUT2D eigenvalue weighted by atomic mass is 16.6. The molecule has 2 aromatic heterocycles. The van der Waals surface area contributed by atoms with Gasteiger partial charge in [-0.1, -0.05) is 0 Å². The van der Waals surface area contributed by atoms with Gasteiger partial charge in [-0.05, 0) is 18.2 Å². The van der Waals surface area contributed by atoms with Gasteiger partial charge in [-0.2, -0.15) is 5.10 Å². The molecule has 2 heterocycles. The van der Waals surface area contributed by atoms with Gasteiger partial charge in [0.2, 0.25) is 0 Å². The number of nitrogens with one attached hydrogen (secondary N) is 1. The molecular formula is C12H8N4O3. The van der Waals surface area contributed by atoms with Crippen molar-refractivity contribution in [2.75, 3.05) is 0 Å². The van der Waals surface area contributed by atoms with Crippen molar-refractivity contribution in [3.63, 3.8) is 0 Å². The Hall–Kier alpha value is -2.96.